The van der Waals surface area contributed by atoms with Gasteiger partial charge in [0.2, 0.25) is 0 Å². The van der Waals surface area contributed by atoms with Gasteiger partial charge in [0.25, 0.3) is 0 Å². The molecule has 8 N–H and O–H groups in total. The smallest absolute Gasteiger partial charge is 0.0849 e. The normalized spacial score (nSPS) is 10.2. The van der Waals surface area contributed by atoms with Gasteiger partial charge in [-0.2, -0.15) is 0 Å². The van der Waals surface area contributed by atoms with Crippen LogP contribution in [0.4, 0.5) is 28.4 Å². The number of benzene rings is 5. The van der Waals surface area contributed by atoms with Gasteiger partial charge < -0.3 is 27.8 Å². The summed E-state index contributed by atoms with van der Waals surface area (Å²) in [6, 6.07) is 42.5. The van der Waals surface area contributed by atoms with Crippen LogP contribution in [0.5, 0.6) is 0 Å². The Morgan fingerprint density at radius 3 is 1.39 bits per heavy atom. The molecule has 0 amide bonds. The predicted octanol–water partition coefficient (Wildman–Crippen LogP) is 6.78. The van der Waals surface area contributed by atoms with Crippen LogP contribution in [0.25, 0.3) is 0 Å². The number of nitrogens with two attached hydrogens (primary N) is 3. The Hall–Kier alpha value is -4.90. The van der Waals surface area contributed by atoms with Gasteiger partial charge >= 0.3 is 0 Å². The van der Waals surface area contributed by atoms with Gasteiger partial charge in [0.15, 0.2) is 0 Å². The van der Waals surface area contributed by atoms with E-state index in [1.54, 1.807) is 0 Å². The standard InChI is InChI=1S/C20H21N3.C13H14N2/c21-18-6-1-14(2-7-18)11-16-5-10-20(23)17(13-16)12-15-3-8-19(22)9-4-15;1-3-7-12(8-4-1)14-11-15-13-9-5-2-6-10-13/h1-10,13H,11-12,21-23H2;1-10,14-15H,11H2. The van der Waals surface area contributed by atoms with E-state index in [-0.39, 0.29) is 0 Å². The lowest BCUT2D eigenvalue weighted by Crippen LogP contribution is -2.11. The molecule has 0 atom stereocenters. The van der Waals surface area contributed by atoms with E-state index in [1.165, 1.54) is 16.7 Å². The van der Waals surface area contributed by atoms with Gasteiger partial charge in [-0.15, -0.1) is 0 Å². The zero-order valence-electron chi connectivity index (χ0n) is 21.5. The fraction of sp³-hybridized carbons (Fsp3) is 0.0909. The van der Waals surface area contributed by atoms with Gasteiger partial charge in [0.1, 0.15) is 0 Å². The van der Waals surface area contributed by atoms with E-state index in [1.807, 2.05) is 103 Å². The molecule has 5 heteroatoms. The summed E-state index contributed by atoms with van der Waals surface area (Å²) in [4.78, 5) is 0. The van der Waals surface area contributed by atoms with Gasteiger partial charge in [-0.25, -0.2) is 0 Å². The number of nitrogens with one attached hydrogen (secondary N) is 2. The quantitative estimate of drug-likeness (QED) is 0.119. The van der Waals surface area contributed by atoms with Gasteiger partial charge in [0, 0.05) is 28.4 Å². The largest absolute Gasteiger partial charge is 0.399 e. The van der Waals surface area contributed by atoms with Crippen LogP contribution < -0.4 is 27.8 Å². The minimum absolute atomic E-state index is 0.730. The number of anilines is 5. The van der Waals surface area contributed by atoms with Crippen LogP contribution in [0, 0.1) is 0 Å². The summed E-state index contributed by atoms with van der Waals surface area (Å²) in [5, 5.41) is 6.56. The lowest BCUT2D eigenvalue weighted by molar-refractivity contribution is 1.14. The first-order valence-electron chi connectivity index (χ1n) is 12.7. The van der Waals surface area contributed by atoms with Crippen molar-refractivity contribution >= 4 is 28.4 Å². The fourth-order valence-electron chi connectivity index (χ4n) is 4.01. The lowest BCUT2D eigenvalue weighted by Gasteiger charge is -2.10. The van der Waals surface area contributed by atoms with E-state index in [9.17, 15) is 0 Å². The Bertz CT molecular complexity index is 1340. The van der Waals surface area contributed by atoms with Crippen LogP contribution in [0.1, 0.15) is 22.3 Å². The molecule has 0 saturated heterocycles. The molecule has 5 rings (SSSR count). The second-order valence-electron chi connectivity index (χ2n) is 9.13. The van der Waals surface area contributed by atoms with Crippen LogP contribution in [-0.4, -0.2) is 6.67 Å². The number of rotatable bonds is 8. The Labute approximate surface area is 225 Å². The maximum atomic E-state index is 6.14. The first-order valence-corrected chi connectivity index (χ1v) is 12.7. The molecule has 0 aliphatic rings. The Balaban J connectivity index is 0.000000194. The van der Waals surface area contributed by atoms with Crippen molar-refractivity contribution in [3.63, 3.8) is 0 Å². The van der Waals surface area contributed by atoms with Crippen LogP contribution in [0.3, 0.4) is 0 Å². The van der Waals surface area contributed by atoms with Crippen molar-refractivity contribution in [2.24, 2.45) is 0 Å². The second-order valence-corrected chi connectivity index (χ2v) is 9.13. The van der Waals surface area contributed by atoms with Crippen molar-refractivity contribution in [2.45, 2.75) is 12.8 Å². The molecule has 0 aliphatic heterocycles. The van der Waals surface area contributed by atoms with E-state index in [0.29, 0.717) is 0 Å². The van der Waals surface area contributed by atoms with Crippen molar-refractivity contribution in [1.82, 2.24) is 0 Å². The van der Waals surface area contributed by atoms with Crippen molar-refractivity contribution in [2.75, 3.05) is 34.5 Å². The maximum Gasteiger partial charge on any atom is 0.0849 e. The third-order valence-corrected chi connectivity index (χ3v) is 6.10. The van der Waals surface area contributed by atoms with Crippen molar-refractivity contribution in [1.29, 1.82) is 0 Å². The summed E-state index contributed by atoms with van der Waals surface area (Å²) in [6.45, 7) is 0.730. The molecular formula is C33H35N5. The van der Waals surface area contributed by atoms with Crippen LogP contribution in [0.2, 0.25) is 0 Å². The van der Waals surface area contributed by atoms with Crippen molar-refractivity contribution in [3.8, 4) is 0 Å². The molecule has 192 valence electrons. The zero-order valence-corrected chi connectivity index (χ0v) is 21.5. The highest BCUT2D eigenvalue weighted by Gasteiger charge is 2.04. The van der Waals surface area contributed by atoms with E-state index in [4.69, 9.17) is 17.2 Å². The van der Waals surface area contributed by atoms with Crippen molar-refractivity contribution < 1.29 is 0 Å². The second kappa shape index (κ2) is 13.4. The predicted molar refractivity (Wildman–Crippen MR) is 163 cm³/mol. The zero-order chi connectivity index (χ0) is 26.6. The third-order valence-electron chi connectivity index (χ3n) is 6.10. The third kappa shape index (κ3) is 8.35. The highest BCUT2D eigenvalue weighted by molar-refractivity contribution is 5.52. The van der Waals surface area contributed by atoms with E-state index in [2.05, 4.69) is 34.9 Å². The molecule has 0 aliphatic carbocycles. The lowest BCUT2D eigenvalue weighted by atomic mass is 9.97. The molecule has 0 spiro atoms. The van der Waals surface area contributed by atoms with Crippen LogP contribution in [0.15, 0.2) is 127 Å². The molecular weight excluding hydrogens is 466 g/mol. The SMILES string of the molecule is Nc1ccc(Cc2ccc(N)c(Cc3ccc(N)cc3)c2)cc1.c1ccc(NCNc2ccccc2)cc1. The minimum atomic E-state index is 0.730. The highest BCUT2D eigenvalue weighted by Crippen LogP contribution is 2.21. The number of hydrogen-bond donors (Lipinski definition) is 5. The van der Waals surface area contributed by atoms with E-state index < -0.39 is 0 Å². The monoisotopic (exact) mass is 501 g/mol. The molecule has 0 heterocycles. The molecule has 5 aromatic carbocycles. The van der Waals surface area contributed by atoms with Gasteiger partial charge in [-0.05, 0) is 89.7 Å². The first kappa shape index (κ1) is 26.2. The average molecular weight is 502 g/mol. The number of para-hydroxylation sites is 2. The molecule has 0 radical (unpaired) electrons. The first-order chi connectivity index (χ1) is 18.5. The Morgan fingerprint density at radius 1 is 0.447 bits per heavy atom. The molecule has 0 aromatic heterocycles. The summed E-state index contributed by atoms with van der Waals surface area (Å²) < 4.78 is 0. The van der Waals surface area contributed by atoms with E-state index >= 15 is 0 Å². The molecule has 38 heavy (non-hydrogen) atoms. The summed E-state index contributed by atoms with van der Waals surface area (Å²) in [6.07, 6.45) is 1.68. The fourth-order valence-corrected chi connectivity index (χ4v) is 4.01. The molecule has 0 unspecified atom stereocenters. The molecule has 0 fully saturated rings. The summed E-state index contributed by atoms with van der Waals surface area (Å²) in [5.41, 5.74) is 27.1. The van der Waals surface area contributed by atoms with Gasteiger partial charge in [0.05, 0.1) is 6.67 Å². The molecule has 5 nitrogen and oxygen atoms in total. The summed E-state index contributed by atoms with van der Waals surface area (Å²) in [7, 11) is 0. The number of hydrogen-bond acceptors (Lipinski definition) is 5. The van der Waals surface area contributed by atoms with Crippen LogP contribution >= 0.6 is 0 Å². The average Bonchev–Trinajstić information content (AvgIpc) is 2.95. The molecule has 0 saturated carbocycles. The topological polar surface area (TPSA) is 102 Å². The van der Waals surface area contributed by atoms with Gasteiger partial charge in [-0.1, -0.05) is 72.8 Å². The summed E-state index contributed by atoms with van der Waals surface area (Å²) >= 11 is 0. The molecule has 5 aromatic rings. The molecule has 0 bridgehead atoms. The maximum absolute atomic E-state index is 6.14. The van der Waals surface area contributed by atoms with E-state index in [0.717, 1.165) is 53.5 Å². The highest BCUT2D eigenvalue weighted by atomic mass is 15.1. The van der Waals surface area contributed by atoms with Crippen LogP contribution in [-0.2, 0) is 12.8 Å². The number of nitrogen functional groups attached to an aromatic ring is 3. The Kier molecular flexibility index (Phi) is 9.24. The minimum Gasteiger partial charge on any atom is -0.399 e. The van der Waals surface area contributed by atoms with Crippen molar-refractivity contribution in [3.05, 3.63) is 150 Å². The van der Waals surface area contributed by atoms with Gasteiger partial charge in [-0.3, -0.25) is 0 Å². The Morgan fingerprint density at radius 2 is 0.895 bits per heavy atom. The summed E-state index contributed by atoms with van der Waals surface area (Å²) in [5.74, 6) is 0.